The van der Waals surface area contributed by atoms with Crippen molar-refractivity contribution in [1.82, 2.24) is 14.4 Å². The smallest absolute Gasteiger partial charge is 0.323 e. The maximum Gasteiger partial charge on any atom is 0.323 e. The van der Waals surface area contributed by atoms with Gasteiger partial charge in [0.05, 0.1) is 30.4 Å². The van der Waals surface area contributed by atoms with Gasteiger partial charge >= 0.3 is 6.03 Å². The Kier molecular flexibility index (Phi) is 12.1. The highest BCUT2D eigenvalue weighted by Gasteiger charge is 2.34. The summed E-state index contributed by atoms with van der Waals surface area (Å²) in [5.74, 6) is 0.838. The fraction of sp³-hybridized carbons (Fsp3) is 0.514. The van der Waals surface area contributed by atoms with E-state index in [1.807, 2.05) is 13.8 Å². The normalized spacial score (nSPS) is 20.7. The van der Waals surface area contributed by atoms with Crippen LogP contribution in [0.2, 0.25) is 0 Å². The second-order valence-corrected chi connectivity index (χ2v) is 15.1. The molecule has 2 aliphatic heterocycles. The van der Waals surface area contributed by atoms with E-state index < -0.39 is 34.1 Å². The second-order valence-electron chi connectivity index (χ2n) is 13.1. The lowest BCUT2D eigenvalue weighted by molar-refractivity contribution is -0.00835. The molecule has 4 atom stereocenters. The minimum atomic E-state index is -3.96. The van der Waals surface area contributed by atoms with Gasteiger partial charge in [0.2, 0.25) is 16.8 Å². The van der Waals surface area contributed by atoms with Crippen molar-refractivity contribution in [2.45, 2.75) is 77.0 Å². The largest absolute Gasteiger partial charge is 0.490 e. The summed E-state index contributed by atoms with van der Waals surface area (Å²) in [4.78, 5) is 29.0. The number of likely N-dealkylation sites (N-methyl/N-ethyl adjacent to an activating group) is 1. The van der Waals surface area contributed by atoms with E-state index in [4.69, 9.17) is 23.5 Å². The molecule has 3 aromatic rings. The van der Waals surface area contributed by atoms with Gasteiger partial charge < -0.3 is 44.1 Å². The van der Waals surface area contributed by atoms with Gasteiger partial charge in [0.1, 0.15) is 16.3 Å². The van der Waals surface area contributed by atoms with E-state index in [1.54, 1.807) is 57.2 Å². The van der Waals surface area contributed by atoms with Crippen LogP contribution in [0.3, 0.4) is 0 Å². The van der Waals surface area contributed by atoms with Gasteiger partial charge in [-0.15, -0.1) is 0 Å². The number of amides is 3. The molecular weight excluding hydrogens is 682 g/mol. The van der Waals surface area contributed by atoms with Crippen molar-refractivity contribution in [2.75, 3.05) is 50.8 Å². The van der Waals surface area contributed by atoms with Crippen LogP contribution < -0.4 is 24.8 Å². The number of nitrogens with zero attached hydrogens (tertiary/aromatic N) is 3. The van der Waals surface area contributed by atoms with Crippen LogP contribution in [-0.2, 0) is 14.8 Å². The first-order valence-electron chi connectivity index (χ1n) is 17.0. The third kappa shape index (κ3) is 8.92. The van der Waals surface area contributed by atoms with Crippen LogP contribution in [0.1, 0.15) is 61.8 Å². The van der Waals surface area contributed by atoms with Crippen LogP contribution in [0.5, 0.6) is 17.2 Å². The number of ether oxygens (including phenoxy) is 4. The molecule has 15 nitrogen and oxygen atoms in total. The molecule has 0 saturated carbocycles. The van der Waals surface area contributed by atoms with Crippen molar-refractivity contribution in [3.63, 3.8) is 0 Å². The third-order valence-corrected chi connectivity index (χ3v) is 11.1. The quantitative estimate of drug-likeness (QED) is 0.290. The van der Waals surface area contributed by atoms with E-state index in [1.165, 1.54) is 16.3 Å². The number of nitrogens with one attached hydrogen (secondary N) is 2. The SMILES string of the molecule is Cc1noc(C)c1S(=O)(=O)N(C)C[C@H]1OCCCC[C@H](C)Oc2ccc(NC(=O)Nc3ccc4c(c3)OCO4)cc2C(=O)N([C@H](C)CO)C[C@@H]1C. The fourth-order valence-electron chi connectivity index (χ4n) is 6.08. The molecule has 1 aromatic heterocycles. The molecular formula is C35H47N5O10S. The summed E-state index contributed by atoms with van der Waals surface area (Å²) in [5, 5.41) is 19.6. The summed E-state index contributed by atoms with van der Waals surface area (Å²) in [5.41, 5.74) is 1.29. The number of aromatic nitrogens is 1. The van der Waals surface area contributed by atoms with Crippen LogP contribution in [0.25, 0.3) is 0 Å². The van der Waals surface area contributed by atoms with E-state index in [2.05, 4.69) is 15.8 Å². The molecule has 0 spiro atoms. The van der Waals surface area contributed by atoms with E-state index in [0.29, 0.717) is 48.1 Å². The molecule has 16 heteroatoms. The number of anilines is 2. The molecule has 0 aliphatic carbocycles. The summed E-state index contributed by atoms with van der Waals surface area (Å²) in [6.07, 6.45) is 1.30. The number of hydrogen-bond donors (Lipinski definition) is 3. The van der Waals surface area contributed by atoms with Crippen LogP contribution >= 0.6 is 0 Å². The Morgan fingerprint density at radius 3 is 2.43 bits per heavy atom. The van der Waals surface area contributed by atoms with Crippen molar-refractivity contribution < 1.29 is 46.6 Å². The molecule has 51 heavy (non-hydrogen) atoms. The Morgan fingerprint density at radius 2 is 1.75 bits per heavy atom. The molecule has 2 aromatic carbocycles. The topological polar surface area (TPSA) is 182 Å². The van der Waals surface area contributed by atoms with Gasteiger partial charge in [-0.1, -0.05) is 12.1 Å². The molecule has 3 N–H and O–H groups in total. The van der Waals surface area contributed by atoms with E-state index in [-0.39, 0.29) is 60.4 Å². The summed E-state index contributed by atoms with van der Waals surface area (Å²) in [6.45, 7) is 8.94. The van der Waals surface area contributed by atoms with E-state index in [9.17, 15) is 23.1 Å². The van der Waals surface area contributed by atoms with Gasteiger partial charge in [-0.2, -0.15) is 4.31 Å². The van der Waals surface area contributed by atoms with Crippen molar-refractivity contribution >= 4 is 33.3 Å². The predicted octanol–water partition coefficient (Wildman–Crippen LogP) is 4.78. The number of aliphatic hydroxyl groups excluding tert-OH is 1. The number of sulfonamides is 1. The minimum absolute atomic E-state index is 0.00570. The van der Waals surface area contributed by atoms with Crippen LogP contribution in [0.4, 0.5) is 16.2 Å². The highest BCUT2D eigenvalue weighted by atomic mass is 32.2. The zero-order valence-corrected chi connectivity index (χ0v) is 30.6. The molecule has 3 heterocycles. The van der Waals surface area contributed by atoms with Gasteiger partial charge in [-0.25, -0.2) is 13.2 Å². The Labute approximate surface area is 298 Å². The van der Waals surface area contributed by atoms with Gasteiger partial charge in [0.15, 0.2) is 17.3 Å². The van der Waals surface area contributed by atoms with Crippen LogP contribution in [0.15, 0.2) is 45.8 Å². The van der Waals surface area contributed by atoms with Crippen molar-refractivity contribution in [2.24, 2.45) is 5.92 Å². The number of urea groups is 1. The second kappa shape index (κ2) is 16.3. The molecule has 2 aliphatic rings. The van der Waals surface area contributed by atoms with Crippen molar-refractivity contribution in [3.05, 3.63) is 53.4 Å². The Bertz CT molecular complexity index is 1800. The lowest BCUT2D eigenvalue weighted by Gasteiger charge is -2.35. The van der Waals surface area contributed by atoms with Gasteiger partial charge in [-0.3, -0.25) is 4.79 Å². The molecule has 3 amide bonds. The Balaban J connectivity index is 1.40. The van der Waals surface area contributed by atoms with Gasteiger partial charge in [0, 0.05) is 50.1 Å². The maximum atomic E-state index is 14.4. The molecule has 0 fully saturated rings. The summed E-state index contributed by atoms with van der Waals surface area (Å²) >= 11 is 0. The standard InChI is InChI=1S/C35H47N5O10S/c1-21-17-40(22(2)19-41)34(42)28-15-26(36-35(43)37-27-11-13-30-31(16-27)48-20-47-30)10-12-29(28)49-23(3)9-7-8-14-46-32(21)18-39(6)51(44,45)33-24(4)38-50-25(33)5/h10-13,15-16,21-23,32,41H,7-9,14,17-20H2,1-6H3,(H2,36,37,43)/t21-,22+,23-,32+/m0/s1. The van der Waals surface area contributed by atoms with E-state index in [0.717, 1.165) is 6.42 Å². The molecule has 278 valence electrons. The molecule has 0 unspecified atom stereocenters. The zero-order valence-electron chi connectivity index (χ0n) is 29.8. The third-order valence-electron chi connectivity index (χ3n) is 9.01. The number of carbonyl (C=O) groups is 2. The Morgan fingerprint density at radius 1 is 1.06 bits per heavy atom. The number of benzene rings is 2. The number of rotatable bonds is 8. The van der Waals surface area contributed by atoms with Crippen molar-refractivity contribution in [3.8, 4) is 17.2 Å². The lowest BCUT2D eigenvalue weighted by atomic mass is 10.0. The van der Waals surface area contributed by atoms with Gasteiger partial charge in [-0.05, 0) is 77.3 Å². The van der Waals surface area contributed by atoms with Gasteiger partial charge in [0.25, 0.3) is 5.91 Å². The highest BCUT2D eigenvalue weighted by molar-refractivity contribution is 7.89. The fourth-order valence-corrected chi connectivity index (χ4v) is 7.55. The first-order chi connectivity index (χ1) is 24.3. The number of hydrogen-bond acceptors (Lipinski definition) is 11. The molecule has 0 saturated heterocycles. The predicted molar refractivity (Wildman–Crippen MR) is 188 cm³/mol. The molecule has 0 bridgehead atoms. The lowest BCUT2D eigenvalue weighted by Crippen LogP contribution is -2.48. The average Bonchev–Trinajstić information content (AvgIpc) is 3.70. The number of carbonyl (C=O) groups excluding carboxylic acids is 2. The minimum Gasteiger partial charge on any atom is -0.490 e. The van der Waals surface area contributed by atoms with Crippen molar-refractivity contribution in [1.29, 1.82) is 0 Å². The van der Waals surface area contributed by atoms with Crippen LogP contribution in [0, 0.1) is 19.8 Å². The first kappa shape index (κ1) is 37.9. The Hall–Kier alpha value is -4.38. The summed E-state index contributed by atoms with van der Waals surface area (Å²) < 4.78 is 56.9. The molecule has 0 radical (unpaired) electrons. The number of aryl methyl sites for hydroxylation is 2. The zero-order chi connectivity index (χ0) is 36.9. The average molecular weight is 730 g/mol. The highest BCUT2D eigenvalue weighted by Crippen LogP contribution is 2.34. The van der Waals surface area contributed by atoms with Crippen LogP contribution in [-0.4, -0.2) is 98.2 Å². The maximum absolute atomic E-state index is 14.4. The monoisotopic (exact) mass is 729 g/mol. The number of aliphatic hydroxyl groups is 1. The summed E-state index contributed by atoms with van der Waals surface area (Å²) in [6, 6.07) is 8.74. The number of fused-ring (bicyclic) bond motifs is 2. The summed E-state index contributed by atoms with van der Waals surface area (Å²) in [7, 11) is -2.48. The van der Waals surface area contributed by atoms with E-state index >= 15 is 0 Å². The first-order valence-corrected chi connectivity index (χ1v) is 18.4. The molecule has 5 rings (SSSR count).